The van der Waals surface area contributed by atoms with Crippen molar-refractivity contribution in [1.29, 1.82) is 0 Å². The van der Waals surface area contributed by atoms with Gasteiger partial charge in [-0.25, -0.2) is 0 Å². The van der Waals surface area contributed by atoms with E-state index in [9.17, 15) is 38.7 Å². The second-order valence-corrected chi connectivity index (χ2v) is 9.27. The largest absolute Gasteiger partial charge is 0.481 e. The van der Waals surface area contributed by atoms with Crippen LogP contribution in [0.1, 0.15) is 23.7 Å². The molecule has 0 bridgehead atoms. The van der Waals surface area contributed by atoms with Gasteiger partial charge in [0.1, 0.15) is 30.5 Å². The Bertz CT molecular complexity index is 1310. The van der Waals surface area contributed by atoms with Gasteiger partial charge in [0.2, 0.25) is 11.8 Å². The summed E-state index contributed by atoms with van der Waals surface area (Å²) in [5, 5.41) is 27.6. The van der Waals surface area contributed by atoms with Crippen molar-refractivity contribution < 1.29 is 43.8 Å². The maximum Gasteiger partial charge on any atom is 0.305 e. The molecule has 2 atom stereocenters. The summed E-state index contributed by atoms with van der Waals surface area (Å²) >= 11 is 1.08. The van der Waals surface area contributed by atoms with Crippen LogP contribution in [-0.2, 0) is 28.8 Å². The number of carbonyl (C=O) groups is 7. The molecule has 206 valence electrons. The molecular formula is C24H25N5O9S. The number of amides is 5. The third-order valence-corrected chi connectivity index (χ3v) is 6.37. The number of fused-ring (bicyclic) bond motifs is 1. The molecule has 5 amide bonds. The second kappa shape index (κ2) is 12.7. The molecule has 0 saturated heterocycles. The summed E-state index contributed by atoms with van der Waals surface area (Å²) in [5.41, 5.74) is 0.338. The molecule has 39 heavy (non-hydrogen) atoms. The van der Waals surface area contributed by atoms with E-state index in [0.29, 0.717) is 0 Å². The number of carboxylic acid groups (broad SMARTS) is 1. The number of nitrogens with zero attached hydrogens (tertiary/aromatic N) is 2. The number of carboxylic acids is 1. The van der Waals surface area contributed by atoms with Crippen molar-refractivity contribution in [3.8, 4) is 0 Å². The molecule has 3 rings (SSSR count). The Labute approximate surface area is 225 Å². The van der Waals surface area contributed by atoms with Crippen molar-refractivity contribution in [3.63, 3.8) is 0 Å². The minimum absolute atomic E-state index is 0.0663. The molecule has 0 fully saturated rings. The Morgan fingerprint density at radius 1 is 1.15 bits per heavy atom. The van der Waals surface area contributed by atoms with Gasteiger partial charge < -0.3 is 35.9 Å². The van der Waals surface area contributed by atoms with E-state index in [1.54, 1.807) is 17.5 Å². The van der Waals surface area contributed by atoms with E-state index >= 15 is 0 Å². The summed E-state index contributed by atoms with van der Waals surface area (Å²) in [7, 11) is 0. The average Bonchev–Trinajstić information content (AvgIpc) is 3.31. The summed E-state index contributed by atoms with van der Waals surface area (Å²) in [6, 6.07) is 4.73. The first-order valence-corrected chi connectivity index (χ1v) is 12.4. The molecule has 15 heteroatoms. The molecule has 14 nitrogen and oxygen atoms in total. The number of benzene rings is 1. The fourth-order valence-electron chi connectivity index (χ4n) is 3.88. The minimum atomic E-state index is -1.40. The molecule has 2 heterocycles. The van der Waals surface area contributed by atoms with Crippen LogP contribution < -0.4 is 25.8 Å². The Morgan fingerprint density at radius 3 is 2.46 bits per heavy atom. The first-order valence-electron chi connectivity index (χ1n) is 11.5. The Kier molecular flexibility index (Phi) is 9.46. The number of para-hydroxylation sites is 2. The van der Waals surface area contributed by atoms with Gasteiger partial charge >= 0.3 is 5.97 Å². The van der Waals surface area contributed by atoms with E-state index in [4.69, 9.17) is 5.11 Å². The number of thiophene rings is 1. The minimum Gasteiger partial charge on any atom is -0.481 e. The Morgan fingerprint density at radius 2 is 1.85 bits per heavy atom. The smallest absolute Gasteiger partial charge is 0.305 e. The summed E-state index contributed by atoms with van der Waals surface area (Å²) < 4.78 is 0. The van der Waals surface area contributed by atoms with Gasteiger partial charge in [-0.05, 0) is 23.6 Å². The Balaban J connectivity index is 1.96. The molecule has 0 unspecified atom stereocenters. The van der Waals surface area contributed by atoms with E-state index < -0.39 is 73.7 Å². The number of rotatable bonds is 10. The number of hydrogen-bond acceptors (Lipinski definition) is 9. The zero-order valence-corrected chi connectivity index (χ0v) is 21.4. The molecule has 0 radical (unpaired) electrons. The van der Waals surface area contributed by atoms with Crippen molar-refractivity contribution in [3.05, 3.63) is 41.3 Å². The van der Waals surface area contributed by atoms with Crippen LogP contribution in [0.2, 0.25) is 0 Å². The van der Waals surface area contributed by atoms with Crippen molar-refractivity contribution >= 4 is 69.5 Å². The van der Waals surface area contributed by atoms with Gasteiger partial charge in [-0.3, -0.25) is 33.7 Å². The normalized spacial score (nSPS) is 15.4. The SMILES string of the molecule is CC(=O)Nc1sccc1C(=O)N[C@H]1CN(C(=O)CO)c2ccccc2N(CC(=O)N[C@H](C=O)CC(=O)O)C1=O. The molecule has 1 aliphatic rings. The van der Waals surface area contributed by atoms with Crippen LogP contribution in [0.15, 0.2) is 35.7 Å². The van der Waals surface area contributed by atoms with Crippen LogP contribution in [0.3, 0.4) is 0 Å². The highest BCUT2D eigenvalue weighted by Gasteiger charge is 2.38. The van der Waals surface area contributed by atoms with Crippen LogP contribution in [0.5, 0.6) is 0 Å². The standard InChI is InChI=1S/C24H25N5O9S/c1-13(32)25-23-15(6-7-39-23)22(37)27-16-9-28(20(34)12-31)17-4-2-3-5-18(17)29(24(16)38)10-19(33)26-14(11-30)8-21(35)36/h2-7,11,14,16,31H,8-10,12H2,1H3,(H,25,32)(H,26,33)(H,27,37)(H,35,36)/t14-,16-/m0/s1. The number of nitrogens with one attached hydrogen (secondary N) is 3. The van der Waals surface area contributed by atoms with E-state index in [2.05, 4.69) is 16.0 Å². The monoisotopic (exact) mass is 559 g/mol. The van der Waals surface area contributed by atoms with E-state index in [-0.39, 0.29) is 28.2 Å². The summed E-state index contributed by atoms with van der Waals surface area (Å²) in [6.07, 6.45) is -0.420. The summed E-state index contributed by atoms with van der Waals surface area (Å²) in [4.78, 5) is 88.0. The van der Waals surface area contributed by atoms with E-state index in [0.717, 1.165) is 21.1 Å². The van der Waals surface area contributed by atoms with Gasteiger partial charge in [0, 0.05) is 6.92 Å². The van der Waals surface area contributed by atoms with Crippen molar-refractivity contribution in [1.82, 2.24) is 10.6 Å². The quantitative estimate of drug-likeness (QED) is 0.234. The predicted octanol–water partition coefficient (Wildman–Crippen LogP) is -0.665. The molecule has 5 N–H and O–H groups in total. The maximum atomic E-state index is 13.7. The Hall–Kier alpha value is -4.63. The molecule has 0 aliphatic carbocycles. The lowest BCUT2D eigenvalue weighted by molar-refractivity contribution is -0.139. The molecule has 0 spiro atoms. The second-order valence-electron chi connectivity index (χ2n) is 8.35. The average molecular weight is 560 g/mol. The maximum absolute atomic E-state index is 13.7. The van der Waals surface area contributed by atoms with Crippen LogP contribution in [0.25, 0.3) is 0 Å². The molecule has 1 aromatic carbocycles. The fraction of sp³-hybridized carbons (Fsp3) is 0.292. The summed E-state index contributed by atoms with van der Waals surface area (Å²) in [6.45, 7) is -0.713. The van der Waals surface area contributed by atoms with Crippen molar-refractivity contribution in [2.75, 3.05) is 34.8 Å². The number of hydrogen-bond donors (Lipinski definition) is 5. The molecule has 1 aromatic heterocycles. The lowest BCUT2D eigenvalue weighted by Crippen LogP contribution is -2.55. The van der Waals surface area contributed by atoms with E-state index in [1.165, 1.54) is 25.1 Å². The zero-order chi connectivity index (χ0) is 28.7. The highest BCUT2D eigenvalue weighted by molar-refractivity contribution is 7.14. The van der Waals surface area contributed by atoms with Crippen LogP contribution in [0.4, 0.5) is 16.4 Å². The number of aliphatic hydroxyl groups is 1. The number of aldehydes is 1. The third kappa shape index (κ3) is 7.03. The zero-order valence-electron chi connectivity index (χ0n) is 20.6. The highest BCUT2D eigenvalue weighted by atomic mass is 32.1. The molecular weight excluding hydrogens is 534 g/mol. The van der Waals surface area contributed by atoms with Gasteiger partial charge in [-0.2, -0.15) is 0 Å². The summed E-state index contributed by atoms with van der Waals surface area (Å²) in [5.74, 6) is -4.92. The van der Waals surface area contributed by atoms with E-state index in [1.807, 2.05) is 0 Å². The highest BCUT2D eigenvalue weighted by Crippen LogP contribution is 2.33. The molecule has 0 saturated carbocycles. The lowest BCUT2D eigenvalue weighted by Gasteiger charge is -2.25. The van der Waals surface area contributed by atoms with Gasteiger partial charge in [0.25, 0.3) is 17.7 Å². The third-order valence-electron chi connectivity index (χ3n) is 5.54. The fourth-order valence-corrected chi connectivity index (χ4v) is 4.71. The van der Waals surface area contributed by atoms with Gasteiger partial charge in [0.15, 0.2) is 0 Å². The predicted molar refractivity (Wildman–Crippen MR) is 138 cm³/mol. The van der Waals surface area contributed by atoms with Gasteiger partial charge in [-0.1, -0.05) is 12.1 Å². The molecule has 2 aromatic rings. The first kappa shape index (κ1) is 28.9. The van der Waals surface area contributed by atoms with Gasteiger partial charge in [-0.15, -0.1) is 11.3 Å². The first-order chi connectivity index (χ1) is 18.5. The number of aliphatic carboxylic acids is 1. The van der Waals surface area contributed by atoms with Crippen LogP contribution >= 0.6 is 11.3 Å². The van der Waals surface area contributed by atoms with Gasteiger partial charge in [0.05, 0.1) is 35.9 Å². The molecule has 1 aliphatic heterocycles. The number of carbonyl (C=O) groups excluding carboxylic acids is 6. The van der Waals surface area contributed by atoms with Crippen LogP contribution in [-0.4, -0.2) is 83.8 Å². The van der Waals surface area contributed by atoms with Crippen molar-refractivity contribution in [2.24, 2.45) is 0 Å². The van der Waals surface area contributed by atoms with Crippen molar-refractivity contribution in [2.45, 2.75) is 25.4 Å². The lowest BCUT2D eigenvalue weighted by atomic mass is 10.2. The number of anilines is 3. The topological polar surface area (TPSA) is 203 Å². The van der Waals surface area contributed by atoms with Crippen LogP contribution in [0, 0.1) is 0 Å². The number of aliphatic hydroxyl groups excluding tert-OH is 1.